The first kappa shape index (κ1) is 10.5. The third-order valence-electron chi connectivity index (χ3n) is 3.42. The minimum absolute atomic E-state index is 0.353. The first-order chi connectivity index (χ1) is 7.83. The molecular formula is C14H13BrS. The number of halogens is 1. The second-order valence-corrected chi connectivity index (χ2v) is 6.30. The third kappa shape index (κ3) is 1.64. The highest BCUT2D eigenvalue weighted by atomic mass is 79.9. The minimum Gasteiger partial charge on any atom is -0.148 e. The summed E-state index contributed by atoms with van der Waals surface area (Å²) in [5.41, 5.74) is 1.83. The van der Waals surface area contributed by atoms with E-state index in [2.05, 4.69) is 63.8 Å². The molecule has 1 saturated carbocycles. The second kappa shape index (κ2) is 4.01. The van der Waals surface area contributed by atoms with Crippen LogP contribution in [-0.2, 0) is 5.41 Å². The number of benzene rings is 1. The van der Waals surface area contributed by atoms with Crippen LogP contribution in [0.25, 0.3) is 0 Å². The maximum atomic E-state index is 3.90. The fraction of sp³-hybridized carbons (Fsp3) is 0.286. The Morgan fingerprint density at radius 1 is 1.06 bits per heavy atom. The summed E-state index contributed by atoms with van der Waals surface area (Å²) in [7, 11) is 0. The summed E-state index contributed by atoms with van der Waals surface area (Å²) in [6, 6.07) is 15.3. The molecule has 0 radical (unpaired) electrons. The van der Waals surface area contributed by atoms with Crippen LogP contribution < -0.4 is 0 Å². The van der Waals surface area contributed by atoms with Crippen molar-refractivity contribution in [3.05, 3.63) is 58.3 Å². The molecule has 2 aromatic rings. The van der Waals surface area contributed by atoms with Crippen LogP contribution in [0.2, 0.25) is 0 Å². The van der Waals surface area contributed by atoms with Crippen molar-refractivity contribution >= 4 is 27.3 Å². The van der Waals surface area contributed by atoms with Crippen LogP contribution in [0.3, 0.4) is 0 Å². The van der Waals surface area contributed by atoms with Gasteiger partial charge in [-0.3, -0.25) is 0 Å². The molecule has 1 atom stereocenters. The fourth-order valence-electron chi connectivity index (χ4n) is 2.30. The zero-order chi connectivity index (χ0) is 11.0. The SMILES string of the molecule is BrC(c1cccs1)C1(c2ccccc2)CC1. The van der Waals surface area contributed by atoms with Crippen molar-refractivity contribution in [2.24, 2.45) is 0 Å². The molecule has 0 N–H and O–H groups in total. The lowest BCUT2D eigenvalue weighted by molar-refractivity contribution is 0.689. The smallest absolute Gasteiger partial charge is 0.0585 e. The van der Waals surface area contributed by atoms with Crippen molar-refractivity contribution < 1.29 is 0 Å². The van der Waals surface area contributed by atoms with Gasteiger partial charge >= 0.3 is 0 Å². The van der Waals surface area contributed by atoms with Crippen LogP contribution in [-0.4, -0.2) is 0 Å². The van der Waals surface area contributed by atoms with Gasteiger partial charge in [0.15, 0.2) is 0 Å². The van der Waals surface area contributed by atoms with Crippen molar-refractivity contribution in [2.75, 3.05) is 0 Å². The number of hydrogen-bond acceptors (Lipinski definition) is 1. The highest BCUT2D eigenvalue weighted by Gasteiger charge is 2.50. The summed E-state index contributed by atoms with van der Waals surface area (Å²) in [6.07, 6.45) is 2.59. The molecule has 0 nitrogen and oxygen atoms in total. The summed E-state index contributed by atoms with van der Waals surface area (Å²) < 4.78 is 0. The van der Waals surface area contributed by atoms with Gasteiger partial charge in [-0.15, -0.1) is 11.3 Å². The van der Waals surface area contributed by atoms with E-state index < -0.39 is 0 Å². The van der Waals surface area contributed by atoms with Gasteiger partial charge in [0.25, 0.3) is 0 Å². The average Bonchev–Trinajstić information content (AvgIpc) is 2.97. The molecule has 1 aromatic heterocycles. The summed E-state index contributed by atoms with van der Waals surface area (Å²) in [5, 5.41) is 2.16. The maximum absolute atomic E-state index is 3.90. The van der Waals surface area contributed by atoms with E-state index in [0.717, 1.165) is 0 Å². The summed E-state index contributed by atoms with van der Waals surface area (Å²) in [5.74, 6) is 0. The van der Waals surface area contributed by atoms with Crippen molar-refractivity contribution in [1.29, 1.82) is 0 Å². The lowest BCUT2D eigenvalue weighted by Gasteiger charge is -2.21. The molecule has 1 fully saturated rings. The van der Waals surface area contributed by atoms with Gasteiger partial charge < -0.3 is 0 Å². The third-order valence-corrected chi connectivity index (χ3v) is 6.03. The maximum Gasteiger partial charge on any atom is 0.0585 e. The Balaban J connectivity index is 1.95. The molecule has 0 aliphatic heterocycles. The largest absolute Gasteiger partial charge is 0.148 e. The predicted molar refractivity (Wildman–Crippen MR) is 73.3 cm³/mol. The predicted octanol–water partition coefficient (Wildman–Crippen LogP) is 4.92. The average molecular weight is 293 g/mol. The zero-order valence-corrected chi connectivity index (χ0v) is 11.3. The summed E-state index contributed by atoms with van der Waals surface area (Å²) in [6.45, 7) is 0. The van der Waals surface area contributed by atoms with Gasteiger partial charge in [0, 0.05) is 10.3 Å². The van der Waals surface area contributed by atoms with Gasteiger partial charge in [-0.05, 0) is 29.9 Å². The molecule has 0 saturated heterocycles. The molecule has 1 heterocycles. The first-order valence-electron chi connectivity index (χ1n) is 5.56. The highest BCUT2D eigenvalue weighted by Crippen LogP contribution is 2.60. The highest BCUT2D eigenvalue weighted by molar-refractivity contribution is 9.09. The fourth-order valence-corrected chi connectivity index (χ4v) is 4.32. The van der Waals surface area contributed by atoms with Crippen LogP contribution in [0.15, 0.2) is 47.8 Å². The van der Waals surface area contributed by atoms with E-state index in [1.807, 2.05) is 11.3 Å². The molecule has 0 amide bonds. The van der Waals surface area contributed by atoms with Crippen molar-refractivity contribution in [3.8, 4) is 0 Å². The van der Waals surface area contributed by atoms with Crippen LogP contribution >= 0.6 is 27.3 Å². The van der Waals surface area contributed by atoms with Crippen molar-refractivity contribution in [3.63, 3.8) is 0 Å². The summed E-state index contributed by atoms with van der Waals surface area (Å²) >= 11 is 5.74. The normalized spacial score (nSPS) is 19.3. The number of hydrogen-bond donors (Lipinski definition) is 0. The first-order valence-corrected chi connectivity index (χ1v) is 7.35. The van der Waals surface area contributed by atoms with Crippen LogP contribution in [0.4, 0.5) is 0 Å². The van der Waals surface area contributed by atoms with E-state index in [4.69, 9.17) is 0 Å². The molecule has 1 unspecified atom stereocenters. The number of rotatable bonds is 3. The minimum atomic E-state index is 0.353. The Hall–Kier alpha value is -0.600. The van der Waals surface area contributed by atoms with Gasteiger partial charge in [0.05, 0.1) is 4.83 Å². The molecule has 1 aliphatic carbocycles. The van der Waals surface area contributed by atoms with Crippen LogP contribution in [0.5, 0.6) is 0 Å². The van der Waals surface area contributed by atoms with E-state index in [0.29, 0.717) is 10.2 Å². The Bertz CT molecular complexity index is 457. The molecule has 16 heavy (non-hydrogen) atoms. The lowest BCUT2D eigenvalue weighted by Crippen LogP contribution is -2.12. The van der Waals surface area contributed by atoms with E-state index in [1.54, 1.807) is 0 Å². The van der Waals surface area contributed by atoms with E-state index in [1.165, 1.54) is 23.3 Å². The van der Waals surface area contributed by atoms with E-state index in [-0.39, 0.29) is 0 Å². The Morgan fingerprint density at radius 3 is 2.38 bits per heavy atom. The van der Waals surface area contributed by atoms with Crippen molar-refractivity contribution in [2.45, 2.75) is 23.1 Å². The molecule has 2 heteroatoms. The van der Waals surface area contributed by atoms with Gasteiger partial charge in [-0.1, -0.05) is 52.3 Å². The Labute approximate surface area is 108 Å². The quantitative estimate of drug-likeness (QED) is 0.705. The molecule has 3 rings (SSSR count). The van der Waals surface area contributed by atoms with E-state index >= 15 is 0 Å². The van der Waals surface area contributed by atoms with Gasteiger partial charge in [0.2, 0.25) is 0 Å². The monoisotopic (exact) mass is 292 g/mol. The molecule has 1 aliphatic rings. The van der Waals surface area contributed by atoms with Gasteiger partial charge in [-0.25, -0.2) is 0 Å². The molecule has 1 aromatic carbocycles. The van der Waals surface area contributed by atoms with Crippen LogP contribution in [0, 0.1) is 0 Å². The Kier molecular flexibility index (Phi) is 2.64. The standard InChI is InChI=1S/C14H13BrS/c15-13(12-7-4-10-16-12)14(8-9-14)11-5-2-1-3-6-11/h1-7,10,13H,8-9H2. The van der Waals surface area contributed by atoms with Crippen LogP contribution in [0.1, 0.15) is 28.1 Å². The summed E-state index contributed by atoms with van der Waals surface area (Å²) in [4.78, 5) is 1.92. The molecule has 0 bridgehead atoms. The van der Waals surface area contributed by atoms with Gasteiger partial charge in [-0.2, -0.15) is 0 Å². The van der Waals surface area contributed by atoms with E-state index in [9.17, 15) is 0 Å². The second-order valence-electron chi connectivity index (χ2n) is 4.40. The topological polar surface area (TPSA) is 0 Å². The Morgan fingerprint density at radius 2 is 1.81 bits per heavy atom. The zero-order valence-electron chi connectivity index (χ0n) is 8.90. The lowest BCUT2D eigenvalue weighted by atomic mass is 9.92. The number of alkyl halides is 1. The molecule has 0 spiro atoms. The molecular weight excluding hydrogens is 280 g/mol. The number of thiophene rings is 1. The molecule has 82 valence electrons. The van der Waals surface area contributed by atoms with Crippen molar-refractivity contribution in [1.82, 2.24) is 0 Å². The van der Waals surface area contributed by atoms with Gasteiger partial charge in [0.1, 0.15) is 0 Å².